The summed E-state index contributed by atoms with van der Waals surface area (Å²) >= 11 is 0. The molecule has 2 aliphatic heterocycles. The van der Waals surface area contributed by atoms with Crippen LogP contribution < -0.4 is 5.73 Å². The lowest BCUT2D eigenvalue weighted by Gasteiger charge is -2.40. The molecule has 0 aliphatic carbocycles. The van der Waals surface area contributed by atoms with Crippen LogP contribution in [0.2, 0.25) is 0 Å². The van der Waals surface area contributed by atoms with Crippen molar-refractivity contribution in [2.75, 3.05) is 26.3 Å². The van der Waals surface area contributed by atoms with Gasteiger partial charge in [0.25, 0.3) is 0 Å². The van der Waals surface area contributed by atoms with Gasteiger partial charge in [-0.2, -0.15) is 0 Å². The summed E-state index contributed by atoms with van der Waals surface area (Å²) < 4.78 is 6.67. The molecular formula is C11H15N5O4. The zero-order valence-corrected chi connectivity index (χ0v) is 10.7. The van der Waals surface area contributed by atoms with Crippen molar-refractivity contribution in [1.82, 2.24) is 19.9 Å². The molecule has 3 rings (SSSR count). The highest BCUT2D eigenvalue weighted by atomic mass is 16.5. The van der Waals surface area contributed by atoms with Crippen molar-refractivity contribution in [2.24, 2.45) is 11.7 Å². The second-order valence-corrected chi connectivity index (χ2v) is 5.09. The lowest BCUT2D eigenvalue weighted by molar-refractivity contribution is -0.141. The number of carboxylic acid groups (broad SMARTS) is 1. The fourth-order valence-electron chi connectivity index (χ4n) is 2.42. The monoisotopic (exact) mass is 281 g/mol. The summed E-state index contributed by atoms with van der Waals surface area (Å²) in [4.78, 5) is 24.6. The highest BCUT2D eigenvalue weighted by Crippen LogP contribution is 2.24. The number of nitrogens with two attached hydrogens (primary N) is 1. The summed E-state index contributed by atoms with van der Waals surface area (Å²) in [5.74, 6) is -1.40. The van der Waals surface area contributed by atoms with Crippen molar-refractivity contribution >= 4 is 11.9 Å². The first-order chi connectivity index (χ1) is 9.56. The van der Waals surface area contributed by atoms with E-state index in [9.17, 15) is 9.59 Å². The summed E-state index contributed by atoms with van der Waals surface area (Å²) in [6, 6.07) is -0.273. The van der Waals surface area contributed by atoms with Gasteiger partial charge in [-0.1, -0.05) is 5.21 Å². The first-order valence-corrected chi connectivity index (χ1v) is 6.33. The van der Waals surface area contributed by atoms with E-state index in [2.05, 4.69) is 10.3 Å². The largest absolute Gasteiger partial charge is 0.476 e. The molecule has 0 saturated carbocycles. The first-order valence-electron chi connectivity index (χ1n) is 6.33. The van der Waals surface area contributed by atoms with Gasteiger partial charge in [-0.05, 0) is 0 Å². The highest BCUT2D eigenvalue weighted by Gasteiger charge is 2.40. The van der Waals surface area contributed by atoms with E-state index in [1.54, 1.807) is 4.90 Å². The van der Waals surface area contributed by atoms with E-state index in [0.717, 1.165) is 0 Å². The molecule has 0 spiro atoms. The minimum atomic E-state index is -1.11. The molecule has 9 nitrogen and oxygen atoms in total. The fourth-order valence-corrected chi connectivity index (χ4v) is 2.42. The Bertz CT molecular complexity index is 539. The number of rotatable bonds is 3. The third-order valence-electron chi connectivity index (χ3n) is 3.72. The quantitative estimate of drug-likeness (QED) is 0.679. The van der Waals surface area contributed by atoms with Crippen molar-refractivity contribution < 1.29 is 19.4 Å². The van der Waals surface area contributed by atoms with Gasteiger partial charge in [-0.3, -0.25) is 4.79 Å². The molecule has 0 radical (unpaired) electrons. The van der Waals surface area contributed by atoms with Gasteiger partial charge in [-0.15, -0.1) is 5.10 Å². The highest BCUT2D eigenvalue weighted by molar-refractivity contribution is 5.84. The van der Waals surface area contributed by atoms with Crippen molar-refractivity contribution in [3.63, 3.8) is 0 Å². The average Bonchev–Trinajstić information content (AvgIpc) is 2.95. The molecule has 1 aromatic heterocycles. The molecule has 0 aromatic carbocycles. The second kappa shape index (κ2) is 4.84. The maximum absolute atomic E-state index is 12.2. The number of nitrogens with zero attached hydrogens (tertiary/aromatic N) is 4. The van der Waals surface area contributed by atoms with E-state index in [-0.39, 0.29) is 29.6 Å². The predicted octanol–water partition coefficient (Wildman–Crippen LogP) is -1.67. The maximum atomic E-state index is 12.2. The van der Waals surface area contributed by atoms with Crippen LogP contribution >= 0.6 is 0 Å². The molecule has 1 amide bonds. The topological polar surface area (TPSA) is 124 Å². The van der Waals surface area contributed by atoms with Gasteiger partial charge < -0.3 is 20.5 Å². The molecule has 20 heavy (non-hydrogen) atoms. The van der Waals surface area contributed by atoms with Crippen LogP contribution in [0.5, 0.6) is 0 Å². The number of amides is 1. The molecule has 2 atom stereocenters. The number of carbonyl (C=O) groups is 2. The smallest absolute Gasteiger partial charge is 0.358 e. The van der Waals surface area contributed by atoms with Crippen LogP contribution in [-0.2, 0) is 9.53 Å². The van der Waals surface area contributed by atoms with Gasteiger partial charge >= 0.3 is 5.97 Å². The Hall–Kier alpha value is -2.00. The third-order valence-corrected chi connectivity index (χ3v) is 3.72. The molecule has 9 heteroatoms. The molecule has 2 aliphatic rings. The van der Waals surface area contributed by atoms with Crippen molar-refractivity contribution in [1.29, 1.82) is 0 Å². The second-order valence-electron chi connectivity index (χ2n) is 5.09. The Morgan fingerprint density at radius 3 is 2.70 bits per heavy atom. The normalized spacial score (nSPS) is 26.6. The number of aromatic carboxylic acids is 1. The molecule has 1 aromatic rings. The van der Waals surface area contributed by atoms with Crippen LogP contribution in [0.1, 0.15) is 16.5 Å². The number of hydrogen-bond donors (Lipinski definition) is 2. The summed E-state index contributed by atoms with van der Waals surface area (Å²) in [5.41, 5.74) is 5.72. The average molecular weight is 281 g/mol. The van der Waals surface area contributed by atoms with Gasteiger partial charge in [0.2, 0.25) is 5.91 Å². The Morgan fingerprint density at radius 2 is 2.15 bits per heavy atom. The maximum Gasteiger partial charge on any atom is 0.358 e. The number of hydrogen-bond acceptors (Lipinski definition) is 6. The molecule has 0 bridgehead atoms. The molecule has 2 fully saturated rings. The van der Waals surface area contributed by atoms with Crippen LogP contribution in [0.25, 0.3) is 0 Å². The Balaban J connectivity index is 1.58. The molecule has 108 valence electrons. The van der Waals surface area contributed by atoms with Crippen molar-refractivity contribution in [2.45, 2.75) is 12.1 Å². The van der Waals surface area contributed by atoms with E-state index < -0.39 is 5.97 Å². The summed E-state index contributed by atoms with van der Waals surface area (Å²) in [7, 11) is 0. The number of aromatic nitrogens is 3. The number of carbonyl (C=O) groups excluding carboxylic acids is 1. The molecule has 3 N–H and O–H groups in total. The minimum absolute atomic E-state index is 0.00942. The van der Waals surface area contributed by atoms with Gasteiger partial charge in [0.1, 0.15) is 0 Å². The van der Waals surface area contributed by atoms with Crippen molar-refractivity contribution in [3.05, 3.63) is 11.9 Å². The number of carboxylic acids is 1. The number of ether oxygens (including phenoxy) is 1. The van der Waals surface area contributed by atoms with E-state index in [4.69, 9.17) is 15.6 Å². The Morgan fingerprint density at radius 1 is 1.40 bits per heavy atom. The van der Waals surface area contributed by atoms with Gasteiger partial charge in [-0.25, -0.2) is 9.48 Å². The van der Waals surface area contributed by atoms with Crippen LogP contribution in [0, 0.1) is 5.92 Å². The fraction of sp³-hybridized carbons (Fsp3) is 0.636. The Kier molecular flexibility index (Phi) is 3.14. The van der Waals surface area contributed by atoms with Crippen LogP contribution in [-0.4, -0.2) is 69.2 Å². The first kappa shape index (κ1) is 13.0. The zero-order chi connectivity index (χ0) is 14.3. The molecule has 3 heterocycles. The zero-order valence-electron chi connectivity index (χ0n) is 10.7. The van der Waals surface area contributed by atoms with E-state index in [1.165, 1.54) is 10.9 Å². The minimum Gasteiger partial charge on any atom is -0.476 e. The number of likely N-dealkylation sites (tertiary alicyclic amines) is 1. The third kappa shape index (κ3) is 2.14. The van der Waals surface area contributed by atoms with E-state index >= 15 is 0 Å². The van der Waals surface area contributed by atoms with Crippen LogP contribution in [0.3, 0.4) is 0 Å². The lowest BCUT2D eigenvalue weighted by atomic mass is 9.99. The van der Waals surface area contributed by atoms with E-state index in [1.807, 2.05) is 0 Å². The van der Waals surface area contributed by atoms with Gasteiger partial charge in [0.05, 0.1) is 31.4 Å². The molecule has 2 saturated heterocycles. The van der Waals surface area contributed by atoms with Crippen molar-refractivity contribution in [3.8, 4) is 0 Å². The van der Waals surface area contributed by atoms with E-state index in [0.29, 0.717) is 26.3 Å². The summed E-state index contributed by atoms with van der Waals surface area (Å²) in [5, 5.41) is 16.1. The van der Waals surface area contributed by atoms with Crippen LogP contribution in [0.4, 0.5) is 0 Å². The van der Waals surface area contributed by atoms with Gasteiger partial charge in [0, 0.05) is 19.1 Å². The van der Waals surface area contributed by atoms with Gasteiger partial charge in [0.15, 0.2) is 5.69 Å². The molecule has 2 unspecified atom stereocenters. The predicted molar refractivity (Wildman–Crippen MR) is 64.9 cm³/mol. The SMILES string of the molecule is NC1COCC1C(=O)N1CC(n2cc(C(=O)O)nn2)C1. The lowest BCUT2D eigenvalue weighted by Crippen LogP contribution is -2.55. The molecular weight excluding hydrogens is 266 g/mol. The summed E-state index contributed by atoms with van der Waals surface area (Å²) in [6.07, 6.45) is 1.37. The van der Waals surface area contributed by atoms with Crippen LogP contribution in [0.15, 0.2) is 6.20 Å². The Labute approximate surface area is 114 Å². The standard InChI is InChI=1S/C11H15N5O4/c12-8-5-20-4-7(8)10(17)15-1-6(2-15)16-3-9(11(18)19)13-14-16/h3,6-8H,1-2,4-5,12H2,(H,18,19). The summed E-state index contributed by atoms with van der Waals surface area (Å²) in [6.45, 7) is 1.77.